The minimum Gasteiger partial charge on any atom is -0.264 e. The van der Waals surface area contributed by atoms with Crippen LogP contribution in [0.4, 0.5) is 0 Å². The van der Waals surface area contributed by atoms with Crippen molar-refractivity contribution in [3.05, 3.63) is 158 Å². The Kier molecular flexibility index (Phi) is 6.43. The quantitative estimate of drug-likeness (QED) is 0.196. The normalized spacial score (nSPS) is 11.2. The second-order valence-electron chi connectivity index (χ2n) is 10.8. The van der Waals surface area contributed by atoms with E-state index in [-0.39, 0.29) is 0 Å². The van der Waals surface area contributed by atoms with Gasteiger partial charge in [0, 0.05) is 34.6 Å². The molecular formula is C40H26N4. The Hall–Kier alpha value is -6.00. The number of rotatable bonds is 5. The van der Waals surface area contributed by atoms with E-state index in [4.69, 9.17) is 15.0 Å². The van der Waals surface area contributed by atoms with Gasteiger partial charge in [0.1, 0.15) is 0 Å². The van der Waals surface area contributed by atoms with E-state index < -0.39 is 0 Å². The summed E-state index contributed by atoms with van der Waals surface area (Å²) >= 11 is 0. The molecule has 0 radical (unpaired) electrons. The number of aromatic nitrogens is 4. The molecule has 8 aromatic rings. The first kappa shape index (κ1) is 25.7. The van der Waals surface area contributed by atoms with E-state index in [0.717, 1.165) is 33.4 Å². The van der Waals surface area contributed by atoms with Crippen LogP contribution in [0.2, 0.25) is 0 Å². The van der Waals surface area contributed by atoms with Crippen LogP contribution in [0.25, 0.3) is 78.0 Å². The van der Waals surface area contributed by atoms with Crippen LogP contribution in [-0.2, 0) is 0 Å². The van der Waals surface area contributed by atoms with Gasteiger partial charge in [-0.2, -0.15) is 0 Å². The molecule has 0 aliphatic carbocycles. The zero-order chi connectivity index (χ0) is 29.3. The predicted molar refractivity (Wildman–Crippen MR) is 180 cm³/mol. The summed E-state index contributed by atoms with van der Waals surface area (Å²) in [6.45, 7) is 0. The van der Waals surface area contributed by atoms with Crippen molar-refractivity contribution in [1.82, 2.24) is 19.9 Å². The molecule has 0 unspecified atom stereocenters. The maximum atomic E-state index is 5.06. The fraction of sp³-hybridized carbons (Fsp3) is 0. The van der Waals surface area contributed by atoms with Crippen molar-refractivity contribution in [1.29, 1.82) is 0 Å². The maximum absolute atomic E-state index is 5.06. The largest absolute Gasteiger partial charge is 0.264 e. The molecule has 206 valence electrons. The van der Waals surface area contributed by atoms with Crippen LogP contribution in [0.15, 0.2) is 158 Å². The SMILES string of the molecule is c1ccc(-c2nc(-c3ccccc3)nc(-c3cc(-c4cccnc4)cc(-c4c5ccccc5cc5ccccc45)c3)n2)cc1. The zero-order valence-corrected chi connectivity index (χ0v) is 23.8. The van der Waals surface area contributed by atoms with E-state index in [1.807, 2.05) is 72.9 Å². The first-order valence-corrected chi connectivity index (χ1v) is 14.6. The molecule has 8 rings (SSSR count). The van der Waals surface area contributed by atoms with E-state index in [1.54, 1.807) is 6.20 Å². The van der Waals surface area contributed by atoms with Gasteiger partial charge in [-0.05, 0) is 68.6 Å². The third-order valence-corrected chi connectivity index (χ3v) is 7.95. The molecule has 4 heteroatoms. The van der Waals surface area contributed by atoms with Crippen LogP contribution < -0.4 is 0 Å². The standard InChI is InChI=1S/C40H26N4/c1-3-12-27(13-4-1)38-42-39(28-14-5-2-6-15-28)44-40(43-38)34-24-32(31-18-11-21-41-26-31)23-33(25-34)37-35-19-9-7-16-29(35)22-30-17-8-10-20-36(30)37/h1-26H. The lowest BCUT2D eigenvalue weighted by Crippen LogP contribution is -2.00. The van der Waals surface area contributed by atoms with Gasteiger partial charge in [0.15, 0.2) is 17.5 Å². The van der Waals surface area contributed by atoms with E-state index >= 15 is 0 Å². The zero-order valence-electron chi connectivity index (χ0n) is 23.8. The van der Waals surface area contributed by atoms with Crippen molar-refractivity contribution >= 4 is 21.5 Å². The summed E-state index contributed by atoms with van der Waals surface area (Å²) < 4.78 is 0. The fourth-order valence-electron chi connectivity index (χ4n) is 5.86. The average molecular weight is 563 g/mol. The van der Waals surface area contributed by atoms with E-state index in [0.29, 0.717) is 17.5 Å². The van der Waals surface area contributed by atoms with Crippen LogP contribution in [0.3, 0.4) is 0 Å². The molecule has 0 fully saturated rings. The van der Waals surface area contributed by atoms with Crippen molar-refractivity contribution in [2.45, 2.75) is 0 Å². The number of hydrogen-bond donors (Lipinski definition) is 0. The molecule has 0 spiro atoms. The second-order valence-corrected chi connectivity index (χ2v) is 10.8. The minimum absolute atomic E-state index is 0.620. The second kappa shape index (κ2) is 11.0. The summed E-state index contributed by atoms with van der Waals surface area (Å²) in [5.41, 5.74) is 7.15. The Morgan fingerprint density at radius 2 is 0.818 bits per heavy atom. The molecule has 0 saturated heterocycles. The molecule has 0 atom stereocenters. The Balaban J connectivity index is 1.43. The highest BCUT2D eigenvalue weighted by atomic mass is 15.0. The van der Waals surface area contributed by atoms with Crippen LogP contribution >= 0.6 is 0 Å². The lowest BCUT2D eigenvalue weighted by atomic mass is 9.89. The molecule has 0 amide bonds. The molecule has 44 heavy (non-hydrogen) atoms. The van der Waals surface area contributed by atoms with Crippen molar-refractivity contribution in [3.63, 3.8) is 0 Å². The van der Waals surface area contributed by atoms with Crippen LogP contribution in [0.1, 0.15) is 0 Å². The van der Waals surface area contributed by atoms with Crippen LogP contribution in [0, 0.1) is 0 Å². The van der Waals surface area contributed by atoms with Crippen molar-refractivity contribution in [2.24, 2.45) is 0 Å². The Morgan fingerprint density at radius 1 is 0.341 bits per heavy atom. The number of fused-ring (bicyclic) bond motifs is 2. The Morgan fingerprint density at radius 3 is 1.39 bits per heavy atom. The molecule has 0 N–H and O–H groups in total. The lowest BCUT2D eigenvalue weighted by Gasteiger charge is -2.15. The molecule has 0 aliphatic heterocycles. The van der Waals surface area contributed by atoms with Gasteiger partial charge < -0.3 is 0 Å². The molecule has 0 bridgehead atoms. The fourth-order valence-corrected chi connectivity index (χ4v) is 5.86. The van der Waals surface area contributed by atoms with E-state index in [2.05, 4.69) is 83.8 Å². The summed E-state index contributed by atoms with van der Waals surface area (Å²) in [6, 6.07) is 50.3. The highest BCUT2D eigenvalue weighted by molar-refractivity contribution is 6.13. The van der Waals surface area contributed by atoms with Crippen LogP contribution in [-0.4, -0.2) is 19.9 Å². The third kappa shape index (κ3) is 4.79. The molecule has 6 aromatic carbocycles. The van der Waals surface area contributed by atoms with Crippen molar-refractivity contribution < 1.29 is 0 Å². The molecule has 0 aliphatic rings. The summed E-state index contributed by atoms with van der Waals surface area (Å²) in [5, 5.41) is 4.80. The predicted octanol–water partition coefficient (Wildman–Crippen LogP) is 9.91. The number of nitrogens with zero attached hydrogens (tertiary/aromatic N) is 4. The summed E-state index contributed by atoms with van der Waals surface area (Å²) in [5.74, 6) is 1.89. The van der Waals surface area contributed by atoms with Gasteiger partial charge in [-0.25, -0.2) is 15.0 Å². The average Bonchev–Trinajstić information content (AvgIpc) is 3.11. The molecule has 4 nitrogen and oxygen atoms in total. The van der Waals surface area contributed by atoms with E-state index in [1.165, 1.54) is 27.1 Å². The van der Waals surface area contributed by atoms with Crippen molar-refractivity contribution in [2.75, 3.05) is 0 Å². The number of hydrogen-bond acceptors (Lipinski definition) is 4. The molecular weight excluding hydrogens is 536 g/mol. The van der Waals surface area contributed by atoms with Gasteiger partial charge in [-0.15, -0.1) is 0 Å². The summed E-state index contributed by atoms with van der Waals surface area (Å²) in [6.07, 6.45) is 3.71. The Bertz CT molecular complexity index is 2150. The van der Waals surface area contributed by atoms with Gasteiger partial charge in [-0.3, -0.25) is 4.98 Å². The van der Waals surface area contributed by atoms with Gasteiger partial charge in [0.25, 0.3) is 0 Å². The van der Waals surface area contributed by atoms with Crippen molar-refractivity contribution in [3.8, 4) is 56.4 Å². The highest BCUT2D eigenvalue weighted by Gasteiger charge is 2.17. The minimum atomic E-state index is 0.620. The number of benzene rings is 6. The van der Waals surface area contributed by atoms with E-state index in [9.17, 15) is 0 Å². The highest BCUT2D eigenvalue weighted by Crippen LogP contribution is 2.40. The maximum Gasteiger partial charge on any atom is 0.164 e. The summed E-state index contributed by atoms with van der Waals surface area (Å²) in [7, 11) is 0. The first-order valence-electron chi connectivity index (χ1n) is 14.6. The monoisotopic (exact) mass is 562 g/mol. The van der Waals surface area contributed by atoms with Crippen LogP contribution in [0.5, 0.6) is 0 Å². The van der Waals surface area contributed by atoms with Gasteiger partial charge >= 0.3 is 0 Å². The Labute approximate surface area is 255 Å². The van der Waals surface area contributed by atoms with Gasteiger partial charge in [0.05, 0.1) is 0 Å². The topological polar surface area (TPSA) is 51.6 Å². The van der Waals surface area contributed by atoms with Gasteiger partial charge in [-0.1, -0.05) is 115 Å². The number of pyridine rings is 1. The first-order chi connectivity index (χ1) is 21.8. The third-order valence-electron chi connectivity index (χ3n) is 7.95. The molecule has 2 heterocycles. The summed E-state index contributed by atoms with van der Waals surface area (Å²) in [4.78, 5) is 19.5. The van der Waals surface area contributed by atoms with Gasteiger partial charge in [0.2, 0.25) is 0 Å². The molecule has 2 aromatic heterocycles. The smallest absolute Gasteiger partial charge is 0.164 e. The molecule has 0 saturated carbocycles. The lowest BCUT2D eigenvalue weighted by molar-refractivity contribution is 1.07.